The molecular weight excluding hydrogens is 269 g/mol. The molecule has 0 fully saturated rings. The number of aliphatic hydroxyl groups is 1. The summed E-state index contributed by atoms with van der Waals surface area (Å²) in [6, 6.07) is 13.2. The zero-order valence-corrected chi connectivity index (χ0v) is 11.6. The van der Waals surface area contributed by atoms with Crippen LogP contribution in [-0.4, -0.2) is 11.0 Å². The molecule has 2 N–H and O–H groups in total. The normalized spacial score (nSPS) is 12.3. The summed E-state index contributed by atoms with van der Waals surface area (Å²) in [5.74, 6) is -0.766. The van der Waals surface area contributed by atoms with Crippen LogP contribution >= 0.6 is 0 Å². The van der Waals surface area contributed by atoms with Crippen LogP contribution in [0.2, 0.25) is 0 Å². The van der Waals surface area contributed by atoms with E-state index >= 15 is 0 Å². The predicted molar refractivity (Wildman–Crippen MR) is 81.1 cm³/mol. The Balaban J connectivity index is 2.11. The zero-order chi connectivity index (χ0) is 15.2. The number of rotatable bonds is 4. The van der Waals surface area contributed by atoms with Crippen molar-refractivity contribution < 1.29 is 14.3 Å². The van der Waals surface area contributed by atoms with Crippen LogP contribution in [0.3, 0.4) is 0 Å². The van der Waals surface area contributed by atoms with Crippen molar-refractivity contribution in [1.82, 2.24) is 0 Å². The largest absolute Gasteiger partial charge is 0.389 e. The molecule has 0 heterocycles. The lowest BCUT2D eigenvalue weighted by molar-refractivity contribution is -0.111. The van der Waals surface area contributed by atoms with Crippen LogP contribution in [0, 0.1) is 5.82 Å². The summed E-state index contributed by atoms with van der Waals surface area (Å²) in [6.45, 7) is 1.63. The second kappa shape index (κ2) is 6.81. The van der Waals surface area contributed by atoms with E-state index in [0.29, 0.717) is 16.8 Å². The maximum Gasteiger partial charge on any atom is 0.248 e. The summed E-state index contributed by atoms with van der Waals surface area (Å²) in [5, 5.41) is 12.3. The van der Waals surface area contributed by atoms with Gasteiger partial charge in [-0.15, -0.1) is 0 Å². The zero-order valence-electron chi connectivity index (χ0n) is 11.6. The van der Waals surface area contributed by atoms with Gasteiger partial charge in [0.05, 0.1) is 6.10 Å². The quantitative estimate of drug-likeness (QED) is 0.844. The van der Waals surface area contributed by atoms with Gasteiger partial charge in [0, 0.05) is 22.9 Å². The second-order valence-electron chi connectivity index (χ2n) is 4.61. The number of aliphatic hydroxyl groups excluding tert-OH is 1. The summed E-state index contributed by atoms with van der Waals surface area (Å²) < 4.78 is 13.4. The van der Waals surface area contributed by atoms with Gasteiger partial charge in [-0.1, -0.05) is 36.4 Å². The monoisotopic (exact) mass is 285 g/mol. The van der Waals surface area contributed by atoms with E-state index in [-0.39, 0.29) is 11.7 Å². The van der Waals surface area contributed by atoms with Gasteiger partial charge in [0.25, 0.3) is 0 Å². The van der Waals surface area contributed by atoms with Crippen LogP contribution in [0.1, 0.15) is 24.2 Å². The van der Waals surface area contributed by atoms with E-state index in [4.69, 9.17) is 0 Å². The standard InChI is InChI=1S/C17H16FNO2/c1-12(20)14-7-3-5-9-16(14)19-17(21)11-10-13-6-2-4-8-15(13)18/h2-12,20H,1H3,(H,19,21). The van der Waals surface area contributed by atoms with Crippen molar-refractivity contribution in [3.8, 4) is 0 Å². The highest BCUT2D eigenvalue weighted by atomic mass is 19.1. The number of benzene rings is 2. The molecule has 0 bridgehead atoms. The summed E-state index contributed by atoms with van der Waals surface area (Å²) >= 11 is 0. The van der Waals surface area contributed by atoms with E-state index < -0.39 is 6.10 Å². The molecule has 0 aliphatic carbocycles. The van der Waals surface area contributed by atoms with E-state index in [1.54, 1.807) is 49.4 Å². The van der Waals surface area contributed by atoms with E-state index in [2.05, 4.69) is 5.32 Å². The van der Waals surface area contributed by atoms with Gasteiger partial charge in [-0.2, -0.15) is 0 Å². The number of carbonyl (C=O) groups excluding carboxylic acids is 1. The van der Waals surface area contributed by atoms with E-state index in [1.165, 1.54) is 18.2 Å². The molecule has 0 aliphatic heterocycles. The molecule has 0 aliphatic rings. The molecule has 108 valence electrons. The lowest BCUT2D eigenvalue weighted by Gasteiger charge is -2.11. The Hall–Kier alpha value is -2.46. The molecule has 2 rings (SSSR count). The SMILES string of the molecule is CC(O)c1ccccc1NC(=O)C=Cc1ccccc1F. The fourth-order valence-electron chi connectivity index (χ4n) is 1.93. The highest BCUT2D eigenvalue weighted by Gasteiger charge is 2.08. The van der Waals surface area contributed by atoms with Crippen molar-refractivity contribution in [2.24, 2.45) is 0 Å². The first kappa shape index (κ1) is 14.9. The van der Waals surface area contributed by atoms with Crippen molar-refractivity contribution in [2.75, 3.05) is 5.32 Å². The summed E-state index contributed by atoms with van der Waals surface area (Å²) in [6.07, 6.45) is 1.99. The summed E-state index contributed by atoms with van der Waals surface area (Å²) in [7, 11) is 0. The number of para-hydroxylation sites is 1. The van der Waals surface area contributed by atoms with Crippen LogP contribution in [0.25, 0.3) is 6.08 Å². The van der Waals surface area contributed by atoms with Crippen molar-refractivity contribution in [3.05, 3.63) is 71.6 Å². The highest BCUT2D eigenvalue weighted by Crippen LogP contribution is 2.22. The molecule has 1 unspecified atom stereocenters. The molecule has 2 aromatic rings. The predicted octanol–water partition coefficient (Wildman–Crippen LogP) is 3.53. The number of nitrogens with one attached hydrogen (secondary N) is 1. The molecule has 0 aromatic heterocycles. The Morgan fingerprint density at radius 2 is 1.86 bits per heavy atom. The molecule has 0 spiro atoms. The van der Waals surface area contributed by atoms with E-state index in [1.807, 2.05) is 0 Å². The molecule has 2 aromatic carbocycles. The minimum absolute atomic E-state index is 0.344. The smallest absolute Gasteiger partial charge is 0.248 e. The lowest BCUT2D eigenvalue weighted by Crippen LogP contribution is -2.10. The van der Waals surface area contributed by atoms with Crippen molar-refractivity contribution in [3.63, 3.8) is 0 Å². The van der Waals surface area contributed by atoms with Gasteiger partial charge in [0.2, 0.25) is 5.91 Å². The first-order valence-electron chi connectivity index (χ1n) is 6.58. The molecule has 0 saturated heterocycles. The third kappa shape index (κ3) is 4.00. The Morgan fingerprint density at radius 3 is 2.57 bits per heavy atom. The Bertz CT molecular complexity index is 665. The maximum absolute atomic E-state index is 13.4. The number of halogens is 1. The molecule has 0 saturated carbocycles. The van der Waals surface area contributed by atoms with Crippen LogP contribution < -0.4 is 5.32 Å². The molecule has 4 heteroatoms. The van der Waals surface area contributed by atoms with Gasteiger partial charge in [-0.05, 0) is 25.1 Å². The van der Waals surface area contributed by atoms with Crippen molar-refractivity contribution in [1.29, 1.82) is 0 Å². The topological polar surface area (TPSA) is 49.3 Å². The molecule has 0 radical (unpaired) electrons. The van der Waals surface area contributed by atoms with Gasteiger partial charge in [0.15, 0.2) is 0 Å². The number of hydrogen-bond acceptors (Lipinski definition) is 2. The van der Waals surface area contributed by atoms with Gasteiger partial charge in [-0.3, -0.25) is 4.79 Å². The number of anilines is 1. The summed E-state index contributed by atoms with van der Waals surface area (Å²) in [4.78, 5) is 11.9. The number of amides is 1. The fraction of sp³-hybridized carbons (Fsp3) is 0.118. The fourth-order valence-corrected chi connectivity index (χ4v) is 1.93. The molecule has 1 atom stereocenters. The van der Waals surface area contributed by atoms with Crippen LogP contribution in [-0.2, 0) is 4.79 Å². The molecule has 3 nitrogen and oxygen atoms in total. The number of hydrogen-bond donors (Lipinski definition) is 2. The van der Waals surface area contributed by atoms with Gasteiger partial charge in [0.1, 0.15) is 5.82 Å². The Morgan fingerprint density at radius 1 is 1.19 bits per heavy atom. The van der Waals surface area contributed by atoms with Crippen LogP contribution in [0.15, 0.2) is 54.6 Å². The van der Waals surface area contributed by atoms with Gasteiger partial charge < -0.3 is 10.4 Å². The first-order chi connectivity index (χ1) is 10.1. The third-order valence-corrected chi connectivity index (χ3v) is 2.99. The average Bonchev–Trinajstić information content (AvgIpc) is 2.47. The summed E-state index contributed by atoms with van der Waals surface area (Å²) in [5.41, 5.74) is 1.51. The van der Waals surface area contributed by atoms with E-state index in [9.17, 15) is 14.3 Å². The van der Waals surface area contributed by atoms with Gasteiger partial charge in [-0.25, -0.2) is 4.39 Å². The minimum atomic E-state index is -0.683. The van der Waals surface area contributed by atoms with Crippen molar-refractivity contribution >= 4 is 17.7 Å². The lowest BCUT2D eigenvalue weighted by atomic mass is 10.1. The van der Waals surface area contributed by atoms with Crippen molar-refractivity contribution in [2.45, 2.75) is 13.0 Å². The highest BCUT2D eigenvalue weighted by molar-refractivity contribution is 6.02. The minimum Gasteiger partial charge on any atom is -0.389 e. The molecular formula is C17H16FNO2. The maximum atomic E-state index is 13.4. The first-order valence-corrected chi connectivity index (χ1v) is 6.58. The van der Waals surface area contributed by atoms with Gasteiger partial charge >= 0.3 is 0 Å². The number of carbonyl (C=O) groups is 1. The van der Waals surface area contributed by atoms with E-state index in [0.717, 1.165) is 0 Å². The van der Waals surface area contributed by atoms with Crippen LogP contribution in [0.4, 0.5) is 10.1 Å². The second-order valence-corrected chi connectivity index (χ2v) is 4.61. The third-order valence-electron chi connectivity index (χ3n) is 2.99. The Kier molecular flexibility index (Phi) is 4.85. The Labute approximate surface area is 122 Å². The molecule has 1 amide bonds. The molecule has 21 heavy (non-hydrogen) atoms. The average molecular weight is 285 g/mol. The van der Waals surface area contributed by atoms with Crippen LogP contribution in [0.5, 0.6) is 0 Å².